The van der Waals surface area contributed by atoms with Gasteiger partial charge in [-0.25, -0.2) is 4.68 Å². The predicted octanol–water partition coefficient (Wildman–Crippen LogP) is 1.10. The van der Waals surface area contributed by atoms with E-state index in [1.807, 2.05) is 11.6 Å². The molecule has 1 aliphatic carbocycles. The quantitative estimate of drug-likeness (QED) is 0.662. The predicted molar refractivity (Wildman–Crippen MR) is 44.2 cm³/mol. The third kappa shape index (κ3) is 0.906. The van der Waals surface area contributed by atoms with Gasteiger partial charge in [0.2, 0.25) is 5.88 Å². The number of aryl methyl sites for hydroxylation is 1. The van der Waals surface area contributed by atoms with Gasteiger partial charge in [0.15, 0.2) is 0 Å². The first-order valence-electron chi connectivity index (χ1n) is 4.14. The Morgan fingerprint density at radius 1 is 1.50 bits per heavy atom. The van der Waals surface area contributed by atoms with Gasteiger partial charge in [-0.05, 0) is 26.7 Å². The maximum Gasteiger partial charge on any atom is 0.235 e. The zero-order valence-electron chi connectivity index (χ0n) is 7.66. The van der Waals surface area contributed by atoms with E-state index in [1.54, 1.807) is 7.11 Å². The van der Waals surface area contributed by atoms with Crippen LogP contribution in [-0.2, 0) is 5.54 Å². The summed E-state index contributed by atoms with van der Waals surface area (Å²) in [6.07, 6.45) is 2.35. The molecule has 0 aromatic carbocycles. The van der Waals surface area contributed by atoms with Crippen LogP contribution in [0.1, 0.15) is 25.5 Å². The maximum absolute atomic E-state index is 5.22. The number of ether oxygens (including phenoxy) is 1. The van der Waals surface area contributed by atoms with E-state index in [0.717, 1.165) is 11.6 Å². The van der Waals surface area contributed by atoms with Gasteiger partial charge in [0.1, 0.15) is 5.69 Å². The molecule has 0 saturated heterocycles. The van der Waals surface area contributed by atoms with E-state index in [-0.39, 0.29) is 5.54 Å². The van der Waals surface area contributed by atoms with Gasteiger partial charge in [0, 0.05) is 0 Å². The Bertz CT molecular complexity index is 301. The van der Waals surface area contributed by atoms with Crippen LogP contribution in [0.5, 0.6) is 5.88 Å². The molecule has 1 aromatic heterocycles. The Morgan fingerprint density at radius 2 is 2.17 bits per heavy atom. The number of aromatic nitrogens is 3. The molecule has 1 heterocycles. The summed E-state index contributed by atoms with van der Waals surface area (Å²) in [5.41, 5.74) is 1.04. The summed E-state index contributed by atoms with van der Waals surface area (Å²) in [5.74, 6) is 0.801. The Hall–Kier alpha value is -1.06. The molecule has 0 atom stereocenters. The normalized spacial score (nSPS) is 19.2. The van der Waals surface area contributed by atoms with Crippen molar-refractivity contribution in [2.24, 2.45) is 0 Å². The Kier molecular flexibility index (Phi) is 1.40. The van der Waals surface area contributed by atoms with Gasteiger partial charge < -0.3 is 4.74 Å². The number of rotatable bonds is 2. The molecular formula is C8H13N3O. The third-order valence-electron chi connectivity index (χ3n) is 2.46. The second kappa shape index (κ2) is 2.21. The Morgan fingerprint density at radius 3 is 2.67 bits per heavy atom. The molecule has 0 aliphatic heterocycles. The molecule has 0 amide bonds. The molecule has 2 rings (SSSR count). The zero-order valence-corrected chi connectivity index (χ0v) is 7.66. The van der Waals surface area contributed by atoms with Gasteiger partial charge in [0.25, 0.3) is 0 Å². The van der Waals surface area contributed by atoms with E-state index in [9.17, 15) is 0 Å². The van der Waals surface area contributed by atoms with E-state index in [0.29, 0.717) is 0 Å². The molecule has 1 aliphatic rings. The van der Waals surface area contributed by atoms with Crippen molar-refractivity contribution in [1.29, 1.82) is 0 Å². The highest BCUT2D eigenvalue weighted by atomic mass is 16.5. The molecule has 4 nitrogen and oxygen atoms in total. The topological polar surface area (TPSA) is 39.9 Å². The summed E-state index contributed by atoms with van der Waals surface area (Å²) in [6.45, 7) is 4.08. The summed E-state index contributed by atoms with van der Waals surface area (Å²) in [4.78, 5) is 0. The van der Waals surface area contributed by atoms with Crippen LogP contribution in [0.2, 0.25) is 0 Å². The lowest BCUT2D eigenvalue weighted by Crippen LogP contribution is -2.15. The number of nitrogens with zero attached hydrogens (tertiary/aromatic N) is 3. The van der Waals surface area contributed by atoms with Crippen molar-refractivity contribution in [3.63, 3.8) is 0 Å². The van der Waals surface area contributed by atoms with Crippen LogP contribution < -0.4 is 4.74 Å². The monoisotopic (exact) mass is 167 g/mol. The highest BCUT2D eigenvalue weighted by Gasteiger charge is 2.42. The van der Waals surface area contributed by atoms with Crippen LogP contribution in [0.3, 0.4) is 0 Å². The minimum atomic E-state index is 0.173. The third-order valence-corrected chi connectivity index (χ3v) is 2.46. The lowest BCUT2D eigenvalue weighted by Gasteiger charge is -2.10. The first kappa shape index (κ1) is 7.58. The smallest absolute Gasteiger partial charge is 0.235 e. The molecule has 0 radical (unpaired) electrons. The molecule has 0 N–H and O–H groups in total. The van der Waals surface area contributed by atoms with Gasteiger partial charge in [-0.1, -0.05) is 5.21 Å². The van der Waals surface area contributed by atoms with Crippen molar-refractivity contribution >= 4 is 0 Å². The lowest BCUT2D eigenvalue weighted by atomic mass is 10.3. The summed E-state index contributed by atoms with van der Waals surface area (Å²) < 4.78 is 7.11. The van der Waals surface area contributed by atoms with Crippen LogP contribution in [0.25, 0.3) is 0 Å². The highest BCUT2D eigenvalue weighted by Crippen LogP contribution is 2.44. The van der Waals surface area contributed by atoms with E-state index < -0.39 is 0 Å². The minimum absolute atomic E-state index is 0.173. The van der Waals surface area contributed by atoms with E-state index in [1.165, 1.54) is 12.8 Å². The molecular weight excluding hydrogens is 154 g/mol. The molecule has 0 unspecified atom stereocenters. The molecule has 1 saturated carbocycles. The molecule has 66 valence electrons. The number of hydrogen-bond donors (Lipinski definition) is 0. The van der Waals surface area contributed by atoms with Gasteiger partial charge >= 0.3 is 0 Å². The van der Waals surface area contributed by atoms with E-state index in [4.69, 9.17) is 4.74 Å². The molecule has 1 aromatic rings. The van der Waals surface area contributed by atoms with Gasteiger partial charge in [-0.3, -0.25) is 0 Å². The first-order chi connectivity index (χ1) is 5.67. The van der Waals surface area contributed by atoms with Crippen molar-refractivity contribution in [3.8, 4) is 5.88 Å². The van der Waals surface area contributed by atoms with Crippen molar-refractivity contribution < 1.29 is 4.74 Å². The Balaban J connectivity index is 2.43. The average Bonchev–Trinajstić information content (AvgIpc) is 2.65. The maximum atomic E-state index is 5.22. The molecule has 12 heavy (non-hydrogen) atoms. The van der Waals surface area contributed by atoms with Gasteiger partial charge in [-0.15, -0.1) is 5.10 Å². The molecule has 4 heteroatoms. The van der Waals surface area contributed by atoms with Crippen molar-refractivity contribution in [3.05, 3.63) is 5.69 Å². The van der Waals surface area contributed by atoms with E-state index in [2.05, 4.69) is 17.2 Å². The molecule has 0 bridgehead atoms. The molecule has 1 fully saturated rings. The van der Waals surface area contributed by atoms with E-state index >= 15 is 0 Å². The standard InChI is InChI=1S/C8H13N3O/c1-6-7(12-3)11(10-9-6)8(2)4-5-8/h4-5H2,1-3H3. The fourth-order valence-electron chi connectivity index (χ4n) is 1.33. The number of methoxy groups -OCH3 is 1. The second-order valence-electron chi connectivity index (χ2n) is 3.59. The summed E-state index contributed by atoms with van der Waals surface area (Å²) in [7, 11) is 1.66. The summed E-state index contributed by atoms with van der Waals surface area (Å²) >= 11 is 0. The van der Waals surface area contributed by atoms with Crippen LogP contribution >= 0.6 is 0 Å². The first-order valence-corrected chi connectivity index (χ1v) is 4.14. The van der Waals surface area contributed by atoms with Crippen molar-refractivity contribution in [1.82, 2.24) is 15.0 Å². The second-order valence-corrected chi connectivity index (χ2v) is 3.59. The fourth-order valence-corrected chi connectivity index (χ4v) is 1.33. The Labute approximate surface area is 71.5 Å². The fraction of sp³-hybridized carbons (Fsp3) is 0.750. The minimum Gasteiger partial charge on any atom is -0.480 e. The molecule has 0 spiro atoms. The summed E-state index contributed by atoms with van der Waals surface area (Å²) in [6, 6.07) is 0. The highest BCUT2D eigenvalue weighted by molar-refractivity contribution is 5.19. The average molecular weight is 167 g/mol. The van der Waals surface area contributed by atoms with Crippen LogP contribution in [-0.4, -0.2) is 22.1 Å². The van der Waals surface area contributed by atoms with Gasteiger partial charge in [0.05, 0.1) is 12.6 Å². The summed E-state index contributed by atoms with van der Waals surface area (Å²) in [5, 5.41) is 8.04. The SMILES string of the molecule is COc1c(C)nnn1C1(C)CC1. The number of hydrogen-bond acceptors (Lipinski definition) is 3. The lowest BCUT2D eigenvalue weighted by molar-refractivity contribution is 0.325. The van der Waals surface area contributed by atoms with Crippen molar-refractivity contribution in [2.75, 3.05) is 7.11 Å². The van der Waals surface area contributed by atoms with Gasteiger partial charge in [-0.2, -0.15) is 0 Å². The van der Waals surface area contributed by atoms with Crippen molar-refractivity contribution in [2.45, 2.75) is 32.2 Å². The van der Waals surface area contributed by atoms with Crippen LogP contribution in [0.4, 0.5) is 0 Å². The van der Waals surface area contributed by atoms with Crippen LogP contribution in [0.15, 0.2) is 0 Å². The van der Waals surface area contributed by atoms with Crippen LogP contribution in [0, 0.1) is 6.92 Å². The zero-order chi connectivity index (χ0) is 8.77. The largest absolute Gasteiger partial charge is 0.480 e.